The fourth-order valence-electron chi connectivity index (χ4n) is 8.14. The first kappa shape index (κ1) is 44.4. The van der Waals surface area contributed by atoms with Gasteiger partial charge in [-0.2, -0.15) is 0 Å². The second-order valence-corrected chi connectivity index (χ2v) is 15.9. The minimum absolute atomic E-state index is 0.0136. The minimum Gasteiger partial charge on any atom is -0.459 e. The molecule has 312 valence electrons. The standard InChI is InChI=1S/C39H54O17/c1-19(2)13-28(43)49-17-30(45)54-26-12-11-25(16-48-10)15-27-39(47,21(5)36(46)55-27)35(53-24(8)42)32-37(26,9)33(52-23(7)41)31(51-22(6)40)34(38(32)18-50-38)56-29(44)14-20(3)4/h11-12,15,19-21,26-27,31-35,47H,13-14,16-18H2,1-10H3/b12-11-,25-15+/t21-,26+,27-,31+,32+,33-,34+,35-,37+,38-,39-/m0/s1. The third-order valence-electron chi connectivity index (χ3n) is 10.6. The third-order valence-corrected chi connectivity index (χ3v) is 10.6. The van der Waals surface area contributed by atoms with E-state index in [-0.39, 0.29) is 37.9 Å². The molecule has 4 rings (SSSR count). The lowest BCUT2D eigenvalue weighted by Crippen LogP contribution is -2.76. The van der Waals surface area contributed by atoms with E-state index >= 15 is 0 Å². The summed E-state index contributed by atoms with van der Waals surface area (Å²) in [6.07, 6.45) is -5.63. The van der Waals surface area contributed by atoms with Crippen molar-refractivity contribution in [3.05, 3.63) is 23.8 Å². The van der Waals surface area contributed by atoms with Crippen LogP contribution in [0.1, 0.15) is 75.2 Å². The van der Waals surface area contributed by atoms with E-state index in [4.69, 9.17) is 42.6 Å². The van der Waals surface area contributed by atoms with Crippen LogP contribution in [-0.4, -0.2) is 122 Å². The first-order valence-electron chi connectivity index (χ1n) is 18.6. The van der Waals surface area contributed by atoms with Gasteiger partial charge in [0.2, 0.25) is 0 Å². The summed E-state index contributed by atoms with van der Waals surface area (Å²) in [4.78, 5) is 92.2. The van der Waals surface area contributed by atoms with Gasteiger partial charge >= 0.3 is 41.8 Å². The molecule has 17 heteroatoms. The average molecular weight is 795 g/mol. The van der Waals surface area contributed by atoms with E-state index in [0.717, 1.165) is 20.8 Å². The summed E-state index contributed by atoms with van der Waals surface area (Å²) in [6, 6.07) is 0. The molecule has 0 amide bonds. The van der Waals surface area contributed by atoms with Crippen LogP contribution in [0, 0.1) is 29.1 Å². The highest BCUT2D eigenvalue weighted by Crippen LogP contribution is 2.63. The maximum atomic E-state index is 13.7. The zero-order chi connectivity index (χ0) is 41.9. The van der Waals surface area contributed by atoms with Crippen molar-refractivity contribution in [2.75, 3.05) is 26.9 Å². The predicted molar refractivity (Wildman–Crippen MR) is 190 cm³/mol. The monoisotopic (exact) mass is 794 g/mol. The van der Waals surface area contributed by atoms with Crippen molar-refractivity contribution in [1.82, 2.24) is 0 Å². The first-order valence-corrected chi connectivity index (χ1v) is 18.6. The molecule has 56 heavy (non-hydrogen) atoms. The molecule has 3 fully saturated rings. The Hall–Kier alpha value is -4.35. The van der Waals surface area contributed by atoms with Crippen molar-refractivity contribution >= 4 is 41.8 Å². The summed E-state index contributed by atoms with van der Waals surface area (Å²) in [5.41, 5.74) is -5.90. The molecule has 0 radical (unpaired) electrons. The second-order valence-electron chi connectivity index (χ2n) is 15.9. The Morgan fingerprint density at radius 2 is 1.41 bits per heavy atom. The summed E-state index contributed by atoms with van der Waals surface area (Å²) in [6.45, 7) is 12.0. The molecule has 0 aromatic carbocycles. The van der Waals surface area contributed by atoms with E-state index in [0.29, 0.717) is 5.57 Å². The van der Waals surface area contributed by atoms with E-state index in [9.17, 15) is 38.7 Å². The average Bonchev–Trinajstić information content (AvgIpc) is 3.83. The number of epoxide rings is 1. The smallest absolute Gasteiger partial charge is 0.344 e. The van der Waals surface area contributed by atoms with Gasteiger partial charge in [-0.25, -0.2) is 4.79 Å². The van der Waals surface area contributed by atoms with Crippen LogP contribution in [0.5, 0.6) is 0 Å². The highest BCUT2D eigenvalue weighted by molar-refractivity contribution is 5.78. The van der Waals surface area contributed by atoms with Crippen molar-refractivity contribution < 1.29 is 81.3 Å². The number of rotatable bonds is 13. The molecular formula is C39H54O17. The molecule has 2 aliphatic carbocycles. The van der Waals surface area contributed by atoms with E-state index in [1.807, 2.05) is 0 Å². The van der Waals surface area contributed by atoms with Crippen LogP contribution in [0.2, 0.25) is 0 Å². The van der Waals surface area contributed by atoms with Gasteiger partial charge in [-0.05, 0) is 36.5 Å². The number of hydrogen-bond donors (Lipinski definition) is 1. The number of hydrogen-bond acceptors (Lipinski definition) is 17. The molecule has 0 aromatic rings. The van der Waals surface area contributed by atoms with Crippen molar-refractivity contribution in [3.8, 4) is 0 Å². The van der Waals surface area contributed by atoms with Gasteiger partial charge in [0.05, 0.1) is 24.5 Å². The molecule has 17 nitrogen and oxygen atoms in total. The molecule has 2 heterocycles. The van der Waals surface area contributed by atoms with Crippen molar-refractivity contribution in [2.24, 2.45) is 29.1 Å². The van der Waals surface area contributed by atoms with Crippen LogP contribution < -0.4 is 0 Å². The van der Waals surface area contributed by atoms with Gasteiger partial charge in [-0.1, -0.05) is 40.7 Å². The Balaban J connectivity index is 2.10. The molecule has 1 spiro atoms. The van der Waals surface area contributed by atoms with E-state index in [1.54, 1.807) is 27.7 Å². The summed E-state index contributed by atoms with van der Waals surface area (Å²) in [5.74, 6) is -9.19. The maximum absolute atomic E-state index is 13.7. The summed E-state index contributed by atoms with van der Waals surface area (Å²) < 4.78 is 52.6. The number of aliphatic hydroxyl groups is 1. The van der Waals surface area contributed by atoms with Crippen LogP contribution in [0.15, 0.2) is 23.8 Å². The largest absolute Gasteiger partial charge is 0.459 e. The van der Waals surface area contributed by atoms with Crippen LogP contribution in [-0.2, 0) is 76.2 Å². The number of fused-ring (bicyclic) bond motifs is 3. The van der Waals surface area contributed by atoms with Crippen LogP contribution in [0.3, 0.4) is 0 Å². The highest BCUT2D eigenvalue weighted by atomic mass is 16.7. The first-order chi connectivity index (χ1) is 26.1. The van der Waals surface area contributed by atoms with Gasteiger partial charge in [-0.15, -0.1) is 0 Å². The molecule has 0 bridgehead atoms. The lowest BCUT2D eigenvalue weighted by Gasteiger charge is -2.59. The van der Waals surface area contributed by atoms with Gasteiger partial charge in [-0.3, -0.25) is 28.8 Å². The summed E-state index contributed by atoms with van der Waals surface area (Å²) >= 11 is 0. The molecule has 2 aliphatic heterocycles. The van der Waals surface area contributed by atoms with Crippen LogP contribution >= 0.6 is 0 Å². The number of methoxy groups -OCH3 is 1. The van der Waals surface area contributed by atoms with Crippen molar-refractivity contribution in [1.29, 1.82) is 0 Å². The zero-order valence-electron chi connectivity index (χ0n) is 33.5. The number of carbonyl (C=O) groups excluding carboxylic acids is 7. The lowest BCUT2D eigenvalue weighted by molar-refractivity contribution is -0.279. The molecule has 0 aromatic heterocycles. The van der Waals surface area contributed by atoms with Gasteiger partial charge in [0.15, 0.2) is 36.6 Å². The SMILES string of the molecule is COCC1=C/[C@@H]2OC(=O)[C@H](C)[C@@]2(O)[C@@H](OC(C)=O)[C@H]2[C@@]3(CO3)[C@H](OC(=O)CC(C)C)[C@H](OC(C)=O)[C@H](OC(C)=O)[C@]2(C)[C@H](OC(=O)COC(=O)CC(C)C)/C=C\1. The van der Waals surface area contributed by atoms with Crippen molar-refractivity contribution in [3.63, 3.8) is 0 Å². The quantitative estimate of drug-likeness (QED) is 0.160. The topological polar surface area (TPSA) is 226 Å². The summed E-state index contributed by atoms with van der Waals surface area (Å²) in [5, 5.41) is 13.0. The number of ether oxygens (including phenoxy) is 9. The van der Waals surface area contributed by atoms with E-state index in [2.05, 4.69) is 0 Å². The van der Waals surface area contributed by atoms with Crippen LogP contribution in [0.4, 0.5) is 0 Å². The van der Waals surface area contributed by atoms with Crippen LogP contribution in [0.25, 0.3) is 0 Å². The summed E-state index contributed by atoms with van der Waals surface area (Å²) in [7, 11) is 1.39. The molecular weight excluding hydrogens is 740 g/mol. The Morgan fingerprint density at radius 1 is 0.839 bits per heavy atom. The Bertz CT molecular complexity index is 1610. The highest BCUT2D eigenvalue weighted by Gasteiger charge is 2.81. The number of carbonyl (C=O) groups is 7. The van der Waals surface area contributed by atoms with Gasteiger partial charge in [0.25, 0.3) is 0 Å². The van der Waals surface area contributed by atoms with Gasteiger partial charge in [0, 0.05) is 46.6 Å². The molecule has 2 saturated heterocycles. The van der Waals surface area contributed by atoms with Gasteiger partial charge in [0.1, 0.15) is 17.8 Å². The Kier molecular flexibility index (Phi) is 13.8. The molecule has 11 atom stereocenters. The fourth-order valence-corrected chi connectivity index (χ4v) is 8.14. The van der Waals surface area contributed by atoms with E-state index in [1.165, 1.54) is 39.2 Å². The fraction of sp³-hybridized carbons (Fsp3) is 0.718. The molecule has 1 N–H and O–H groups in total. The number of esters is 7. The molecule has 1 saturated carbocycles. The predicted octanol–water partition coefficient (Wildman–Crippen LogP) is 2.08. The lowest BCUT2D eigenvalue weighted by atomic mass is 9.51. The van der Waals surface area contributed by atoms with E-state index < -0.39 is 113 Å². The normalized spacial score (nSPS) is 36.2. The molecule has 4 aliphatic rings. The maximum Gasteiger partial charge on any atom is 0.344 e. The van der Waals surface area contributed by atoms with Gasteiger partial charge < -0.3 is 47.7 Å². The second kappa shape index (κ2) is 17.4. The van der Waals surface area contributed by atoms with Crippen molar-refractivity contribution in [2.45, 2.75) is 123 Å². The Labute approximate surface area is 325 Å². The Morgan fingerprint density at radius 3 is 1.95 bits per heavy atom. The third kappa shape index (κ3) is 9.10. The molecule has 0 unspecified atom stereocenters. The zero-order valence-corrected chi connectivity index (χ0v) is 33.5. The minimum atomic E-state index is -2.42.